The van der Waals surface area contributed by atoms with Crippen LogP contribution in [-0.2, 0) is 10.0 Å². The first-order valence-electron chi connectivity index (χ1n) is 11.1. The van der Waals surface area contributed by atoms with Crippen molar-refractivity contribution in [1.29, 1.82) is 0 Å². The van der Waals surface area contributed by atoms with E-state index in [2.05, 4.69) is 9.71 Å². The van der Waals surface area contributed by atoms with Crippen LogP contribution < -0.4 is 11.1 Å². The van der Waals surface area contributed by atoms with Crippen LogP contribution in [0, 0.1) is 0 Å². The highest BCUT2D eigenvalue weighted by molar-refractivity contribution is 7.90. The largest absolute Gasteiger partial charge is 0.354 e. The van der Waals surface area contributed by atoms with Crippen molar-refractivity contribution in [1.82, 2.24) is 10.3 Å². The van der Waals surface area contributed by atoms with E-state index in [1.165, 1.54) is 24.3 Å². The summed E-state index contributed by atoms with van der Waals surface area (Å²) in [6.07, 6.45) is 0.643. The summed E-state index contributed by atoms with van der Waals surface area (Å²) >= 11 is 12.0. The van der Waals surface area contributed by atoms with E-state index in [-0.39, 0.29) is 16.8 Å². The van der Waals surface area contributed by atoms with Gasteiger partial charge in [0.1, 0.15) is 0 Å². The van der Waals surface area contributed by atoms with E-state index < -0.39 is 10.0 Å². The van der Waals surface area contributed by atoms with E-state index in [9.17, 15) is 8.42 Å². The second-order valence-corrected chi connectivity index (χ2v) is 10.4. The van der Waals surface area contributed by atoms with Crippen LogP contribution in [-0.4, -0.2) is 44.7 Å². The molecule has 10 heteroatoms. The van der Waals surface area contributed by atoms with Crippen molar-refractivity contribution in [3.8, 4) is 0 Å². The molecular formula is C25H25Cl2N5O2S. The zero-order valence-electron chi connectivity index (χ0n) is 18.8. The second kappa shape index (κ2) is 11.2. The smallest absolute Gasteiger partial charge is 0.285 e. The first kappa shape index (κ1) is 25.2. The van der Waals surface area contributed by atoms with Crippen LogP contribution in [0.5, 0.6) is 0 Å². The van der Waals surface area contributed by atoms with Crippen molar-refractivity contribution < 1.29 is 8.42 Å². The zero-order valence-corrected chi connectivity index (χ0v) is 21.1. The Bertz CT molecular complexity index is 1310. The molecule has 4 rings (SSSR count). The Morgan fingerprint density at radius 3 is 2.26 bits per heavy atom. The first-order valence-corrected chi connectivity index (χ1v) is 13.3. The van der Waals surface area contributed by atoms with Crippen molar-refractivity contribution >= 4 is 44.9 Å². The maximum atomic E-state index is 13.1. The van der Waals surface area contributed by atoms with Crippen molar-refractivity contribution in [3.05, 3.63) is 100 Å². The Balaban J connectivity index is 1.75. The average molecular weight is 530 g/mol. The number of guanidine groups is 1. The summed E-state index contributed by atoms with van der Waals surface area (Å²) in [4.78, 5) is 0.0423. The number of halogens is 2. The van der Waals surface area contributed by atoms with Crippen LogP contribution >= 0.6 is 23.2 Å². The van der Waals surface area contributed by atoms with Gasteiger partial charge in [0.2, 0.25) is 5.96 Å². The normalized spacial score (nSPS) is 16.3. The molecule has 0 saturated carbocycles. The standard InChI is InChI=1S/C25H25Cl2N5O2S/c26-20-9-7-19(8-10-20)24-23(18-5-2-1-3-6-18)17-32(30-24)25(29-16-4-15-28)31-35(33,34)22-13-11-21(27)12-14-22/h1-3,5-14,23H,4,15-17,28H2,(H,29,31). The lowest BCUT2D eigenvalue weighted by Gasteiger charge is -2.19. The van der Waals surface area contributed by atoms with E-state index in [0.29, 0.717) is 36.1 Å². The average Bonchev–Trinajstić information content (AvgIpc) is 3.30. The van der Waals surface area contributed by atoms with Gasteiger partial charge in [-0.2, -0.15) is 13.5 Å². The Morgan fingerprint density at radius 1 is 1.00 bits per heavy atom. The molecule has 0 saturated heterocycles. The molecule has 3 aromatic rings. The van der Waals surface area contributed by atoms with Gasteiger partial charge < -0.3 is 11.1 Å². The minimum atomic E-state index is -4.01. The van der Waals surface area contributed by atoms with E-state index in [4.69, 9.17) is 34.0 Å². The summed E-state index contributed by atoms with van der Waals surface area (Å²) in [5, 5.41) is 10.6. The Labute approximate surface area is 215 Å². The predicted octanol–water partition coefficient (Wildman–Crippen LogP) is 4.48. The number of nitrogens with zero attached hydrogens (tertiary/aromatic N) is 3. The van der Waals surface area contributed by atoms with E-state index in [1.807, 2.05) is 54.6 Å². The van der Waals surface area contributed by atoms with Crippen LogP contribution in [0.15, 0.2) is 93.3 Å². The summed E-state index contributed by atoms with van der Waals surface area (Å²) < 4.78 is 30.3. The molecule has 0 amide bonds. The number of rotatable bonds is 7. The summed E-state index contributed by atoms with van der Waals surface area (Å²) in [7, 11) is -4.01. The maximum Gasteiger partial charge on any atom is 0.285 e. The third-order valence-corrected chi connectivity index (χ3v) is 7.27. The van der Waals surface area contributed by atoms with Crippen molar-refractivity contribution in [3.63, 3.8) is 0 Å². The van der Waals surface area contributed by atoms with Crippen LogP contribution in [0.1, 0.15) is 23.5 Å². The van der Waals surface area contributed by atoms with E-state index in [0.717, 1.165) is 16.8 Å². The predicted molar refractivity (Wildman–Crippen MR) is 142 cm³/mol. The second-order valence-electron chi connectivity index (χ2n) is 7.95. The highest BCUT2D eigenvalue weighted by Gasteiger charge is 2.32. The maximum absolute atomic E-state index is 13.1. The van der Waals surface area contributed by atoms with Gasteiger partial charge >= 0.3 is 0 Å². The molecule has 1 aliphatic rings. The molecule has 0 aliphatic carbocycles. The fourth-order valence-electron chi connectivity index (χ4n) is 3.71. The highest BCUT2D eigenvalue weighted by atomic mass is 35.5. The van der Waals surface area contributed by atoms with Crippen LogP contribution in [0.2, 0.25) is 10.0 Å². The summed E-state index contributed by atoms with van der Waals surface area (Å²) in [5.74, 6) is 0.0374. The fraction of sp³-hybridized carbons (Fsp3) is 0.200. The molecule has 0 fully saturated rings. The van der Waals surface area contributed by atoms with Crippen molar-refractivity contribution in [2.24, 2.45) is 15.2 Å². The molecule has 0 aromatic heterocycles. The molecule has 7 nitrogen and oxygen atoms in total. The number of hydrogen-bond donors (Lipinski definition) is 2. The lowest BCUT2D eigenvalue weighted by Crippen LogP contribution is -2.39. The summed E-state index contributed by atoms with van der Waals surface area (Å²) in [6.45, 7) is 1.31. The molecule has 1 heterocycles. The zero-order chi connectivity index (χ0) is 24.8. The molecule has 3 N–H and O–H groups in total. The van der Waals surface area contributed by atoms with E-state index in [1.54, 1.807) is 5.01 Å². The third kappa shape index (κ3) is 6.21. The molecule has 1 unspecified atom stereocenters. The van der Waals surface area contributed by atoms with Gasteiger partial charge in [-0.25, -0.2) is 5.01 Å². The van der Waals surface area contributed by atoms with Gasteiger partial charge in [0.15, 0.2) is 0 Å². The Hall–Kier alpha value is -2.91. The molecule has 0 bridgehead atoms. The number of sulfonamides is 1. The van der Waals surface area contributed by atoms with Gasteiger partial charge in [-0.05, 0) is 60.5 Å². The molecular weight excluding hydrogens is 505 g/mol. The quantitative estimate of drug-likeness (QED) is 0.267. The van der Waals surface area contributed by atoms with Gasteiger partial charge in [0.25, 0.3) is 10.0 Å². The SMILES string of the molecule is NCCCN/C(=N/S(=O)(=O)c1ccc(Cl)cc1)N1CC(c2ccccc2)C(c2ccc(Cl)cc2)=N1. The van der Waals surface area contributed by atoms with Crippen LogP contribution in [0.4, 0.5) is 0 Å². The number of hydrazone groups is 1. The Morgan fingerprint density at radius 2 is 1.63 bits per heavy atom. The van der Waals surface area contributed by atoms with E-state index >= 15 is 0 Å². The highest BCUT2D eigenvalue weighted by Crippen LogP contribution is 2.30. The number of hydrogen-bond acceptors (Lipinski definition) is 4. The lowest BCUT2D eigenvalue weighted by atomic mass is 9.91. The fourth-order valence-corrected chi connectivity index (χ4v) is 4.93. The number of nitrogens with one attached hydrogen (secondary N) is 1. The van der Waals surface area contributed by atoms with Crippen LogP contribution in [0.3, 0.4) is 0 Å². The molecule has 1 aliphatic heterocycles. The van der Waals surface area contributed by atoms with Crippen LogP contribution in [0.25, 0.3) is 0 Å². The van der Waals surface area contributed by atoms with Gasteiger partial charge in [0, 0.05) is 22.5 Å². The monoisotopic (exact) mass is 529 g/mol. The topological polar surface area (TPSA) is 100 Å². The van der Waals surface area contributed by atoms with Gasteiger partial charge in [-0.1, -0.05) is 65.7 Å². The van der Waals surface area contributed by atoms with Gasteiger partial charge in [-0.15, -0.1) is 4.40 Å². The molecule has 0 spiro atoms. The first-order chi connectivity index (χ1) is 16.9. The molecule has 3 aromatic carbocycles. The van der Waals surface area contributed by atoms with Crippen molar-refractivity contribution in [2.45, 2.75) is 17.2 Å². The molecule has 0 radical (unpaired) electrons. The summed E-state index contributed by atoms with van der Waals surface area (Å²) in [5.41, 5.74) is 8.40. The minimum absolute atomic E-state index is 0.0423. The third-order valence-electron chi connectivity index (χ3n) is 5.48. The lowest BCUT2D eigenvalue weighted by molar-refractivity contribution is 0.454. The van der Waals surface area contributed by atoms with Gasteiger partial charge in [0.05, 0.1) is 17.2 Å². The molecule has 35 heavy (non-hydrogen) atoms. The van der Waals surface area contributed by atoms with Crippen molar-refractivity contribution in [2.75, 3.05) is 19.6 Å². The number of nitrogens with two attached hydrogens (primary N) is 1. The van der Waals surface area contributed by atoms with Gasteiger partial charge in [-0.3, -0.25) is 0 Å². The summed E-state index contributed by atoms with van der Waals surface area (Å²) in [6, 6.07) is 23.3. The Kier molecular flexibility index (Phi) is 8.07. The minimum Gasteiger partial charge on any atom is -0.354 e. The molecule has 1 atom stereocenters. The molecule has 182 valence electrons. The number of benzene rings is 3.